The average molecular weight is 481 g/mol. The van der Waals surface area contributed by atoms with Gasteiger partial charge in [0.2, 0.25) is 5.16 Å². The predicted octanol–water partition coefficient (Wildman–Crippen LogP) is 3.74. The Kier molecular flexibility index (Phi) is 7.33. The van der Waals surface area contributed by atoms with Crippen LogP contribution in [0.1, 0.15) is 25.5 Å². The van der Waals surface area contributed by atoms with Gasteiger partial charge < -0.3 is 20.6 Å². The molecule has 1 unspecified atom stereocenters. The lowest BCUT2D eigenvalue weighted by molar-refractivity contribution is 0.159. The minimum absolute atomic E-state index is 0.0236. The van der Waals surface area contributed by atoms with Crippen molar-refractivity contribution >= 4 is 34.9 Å². The number of hydrogen-bond donors (Lipinski definition) is 4. The van der Waals surface area contributed by atoms with Crippen molar-refractivity contribution in [2.45, 2.75) is 37.9 Å². The molecule has 4 heterocycles. The number of carbonyl (C=O) groups excluding carboxylic acids is 1. The fourth-order valence-corrected chi connectivity index (χ4v) is 4.32. The molecule has 1 fully saturated rings. The number of rotatable bonds is 8. The summed E-state index contributed by atoms with van der Waals surface area (Å²) < 4.78 is 1.75. The smallest absolute Gasteiger partial charge is 0.322 e. The first-order chi connectivity index (χ1) is 16.5. The molecule has 11 heteroatoms. The Morgan fingerprint density at radius 2 is 2.29 bits per heavy atom. The molecule has 0 aliphatic carbocycles. The third kappa shape index (κ3) is 5.49. The van der Waals surface area contributed by atoms with E-state index in [9.17, 15) is 9.90 Å². The standard InChI is InChI=1S/C23H28N8O2S/c1-4-17(24-23(33)30-11-5-7-18(30)14-32)10-9-16(3)34-22-26-21(19-8-6-12-31(19)29-22)25-20-13-15(2)27-28-20/h4,6,8-10,12-13,18,32H,3,5,7,11,14H2,1-2H3,(H,24,33)(H2,25,26,27,28,29)/b10-9-,17-4+. The Morgan fingerprint density at radius 3 is 3.03 bits per heavy atom. The highest BCUT2D eigenvalue weighted by Gasteiger charge is 2.28. The predicted molar refractivity (Wildman–Crippen MR) is 133 cm³/mol. The molecule has 10 nitrogen and oxygen atoms in total. The third-order valence-corrected chi connectivity index (χ3v) is 6.16. The summed E-state index contributed by atoms with van der Waals surface area (Å²) in [6.07, 6.45) is 8.98. The number of H-pyrrole nitrogens is 1. The normalized spacial score (nSPS) is 16.5. The van der Waals surface area contributed by atoms with Gasteiger partial charge in [-0.2, -0.15) is 5.10 Å². The van der Waals surface area contributed by atoms with E-state index >= 15 is 0 Å². The average Bonchev–Trinajstić information content (AvgIpc) is 3.57. The minimum atomic E-state index is -0.210. The van der Waals surface area contributed by atoms with Crippen LogP contribution in [0.2, 0.25) is 0 Å². The van der Waals surface area contributed by atoms with Crippen LogP contribution in [0.5, 0.6) is 0 Å². The molecule has 0 bridgehead atoms. The SMILES string of the molecule is C=C(/C=C\C(=C/C)NC(=O)N1CCCC1CO)Sc1nc(Nc2cc(C)[nH]n2)c2cccn2n1. The van der Waals surface area contributed by atoms with Crippen LogP contribution < -0.4 is 10.6 Å². The number of aryl methyl sites for hydroxylation is 1. The highest BCUT2D eigenvalue weighted by Crippen LogP contribution is 2.27. The van der Waals surface area contributed by atoms with E-state index in [-0.39, 0.29) is 18.7 Å². The van der Waals surface area contributed by atoms with Gasteiger partial charge in [0.15, 0.2) is 11.6 Å². The summed E-state index contributed by atoms with van der Waals surface area (Å²) in [5, 5.41) is 27.8. The number of aliphatic hydroxyl groups is 1. The van der Waals surface area contributed by atoms with Crippen molar-refractivity contribution < 1.29 is 9.90 Å². The number of urea groups is 1. The largest absolute Gasteiger partial charge is 0.394 e. The molecular formula is C23H28N8O2S. The van der Waals surface area contributed by atoms with Gasteiger partial charge in [0.05, 0.1) is 12.6 Å². The number of fused-ring (bicyclic) bond motifs is 1. The quantitative estimate of drug-likeness (QED) is 0.286. The van der Waals surface area contributed by atoms with Crippen LogP contribution in [-0.2, 0) is 0 Å². The van der Waals surface area contributed by atoms with Crippen molar-refractivity contribution in [3.05, 3.63) is 65.5 Å². The van der Waals surface area contributed by atoms with E-state index < -0.39 is 0 Å². The van der Waals surface area contributed by atoms with Crippen LogP contribution in [0.15, 0.2) is 65.0 Å². The Balaban J connectivity index is 1.42. The second-order valence-corrected chi connectivity index (χ2v) is 8.98. The van der Waals surface area contributed by atoms with Crippen LogP contribution in [-0.4, -0.2) is 60.0 Å². The summed E-state index contributed by atoms with van der Waals surface area (Å²) in [6.45, 7) is 8.49. The molecule has 0 radical (unpaired) electrons. The highest BCUT2D eigenvalue weighted by molar-refractivity contribution is 8.03. The zero-order valence-electron chi connectivity index (χ0n) is 19.2. The molecule has 4 rings (SSSR count). The number of carbonyl (C=O) groups is 1. The molecule has 3 aromatic rings. The summed E-state index contributed by atoms with van der Waals surface area (Å²) in [5.74, 6) is 1.31. The zero-order valence-corrected chi connectivity index (χ0v) is 20.0. The van der Waals surface area contributed by atoms with Crippen molar-refractivity contribution in [2.75, 3.05) is 18.5 Å². The van der Waals surface area contributed by atoms with Crippen molar-refractivity contribution in [1.29, 1.82) is 0 Å². The lowest BCUT2D eigenvalue weighted by Gasteiger charge is -2.23. The van der Waals surface area contributed by atoms with Gasteiger partial charge in [0.25, 0.3) is 0 Å². The van der Waals surface area contributed by atoms with Crippen LogP contribution in [0, 0.1) is 6.92 Å². The molecular weight excluding hydrogens is 452 g/mol. The summed E-state index contributed by atoms with van der Waals surface area (Å²) in [6, 6.07) is 5.39. The lowest BCUT2D eigenvalue weighted by atomic mass is 10.2. The molecule has 1 aliphatic rings. The lowest BCUT2D eigenvalue weighted by Crippen LogP contribution is -2.43. The number of anilines is 2. The van der Waals surface area contributed by atoms with Crippen molar-refractivity contribution in [2.24, 2.45) is 0 Å². The van der Waals surface area contributed by atoms with Crippen LogP contribution in [0.3, 0.4) is 0 Å². The molecule has 0 aromatic carbocycles. The number of aliphatic hydroxyl groups excluding tert-OH is 1. The molecule has 0 spiro atoms. The minimum Gasteiger partial charge on any atom is -0.394 e. The van der Waals surface area contributed by atoms with Gasteiger partial charge in [-0.3, -0.25) is 5.10 Å². The summed E-state index contributed by atoms with van der Waals surface area (Å²) >= 11 is 1.32. The molecule has 1 atom stereocenters. The van der Waals surface area contributed by atoms with Crippen molar-refractivity contribution in [1.82, 2.24) is 35.0 Å². The van der Waals surface area contributed by atoms with E-state index in [1.165, 1.54) is 11.8 Å². The first-order valence-corrected chi connectivity index (χ1v) is 11.8. The number of nitrogens with one attached hydrogen (secondary N) is 3. The van der Waals surface area contributed by atoms with E-state index in [4.69, 9.17) is 0 Å². The third-order valence-electron chi connectivity index (χ3n) is 5.41. The number of nitrogens with zero attached hydrogens (tertiary/aromatic N) is 5. The van der Waals surface area contributed by atoms with E-state index in [1.807, 2.05) is 44.3 Å². The molecule has 3 aromatic heterocycles. The summed E-state index contributed by atoms with van der Waals surface area (Å²) in [7, 11) is 0. The van der Waals surface area contributed by atoms with Gasteiger partial charge >= 0.3 is 6.03 Å². The van der Waals surface area contributed by atoms with Crippen molar-refractivity contribution in [3.63, 3.8) is 0 Å². The zero-order chi connectivity index (χ0) is 24.1. The van der Waals surface area contributed by atoms with E-state index in [1.54, 1.807) is 21.6 Å². The molecule has 1 saturated heterocycles. The van der Waals surface area contributed by atoms with Crippen LogP contribution in [0.25, 0.3) is 5.52 Å². The van der Waals surface area contributed by atoms with Crippen molar-refractivity contribution in [3.8, 4) is 0 Å². The maximum atomic E-state index is 12.6. The van der Waals surface area contributed by atoms with Crippen LogP contribution >= 0.6 is 11.8 Å². The number of aromatic amines is 1. The number of aromatic nitrogens is 5. The Bertz CT molecular complexity index is 1240. The molecule has 4 N–H and O–H groups in total. The van der Waals surface area contributed by atoms with E-state index in [0.717, 1.165) is 24.1 Å². The molecule has 0 saturated carbocycles. The maximum Gasteiger partial charge on any atom is 0.322 e. The van der Waals surface area contributed by atoms with E-state index in [2.05, 4.69) is 37.5 Å². The Morgan fingerprint density at radius 1 is 1.44 bits per heavy atom. The monoisotopic (exact) mass is 480 g/mol. The second kappa shape index (κ2) is 10.6. The van der Waals surface area contributed by atoms with Gasteiger partial charge in [0, 0.05) is 35.1 Å². The topological polar surface area (TPSA) is 123 Å². The number of likely N-dealkylation sites (tertiary alicyclic amines) is 1. The number of thioether (sulfide) groups is 1. The molecule has 178 valence electrons. The fourth-order valence-electron chi connectivity index (χ4n) is 3.69. The Labute approximate surface area is 201 Å². The summed E-state index contributed by atoms with van der Waals surface area (Å²) in [4.78, 5) is 19.6. The first kappa shape index (κ1) is 23.6. The number of amides is 2. The molecule has 34 heavy (non-hydrogen) atoms. The van der Waals surface area contributed by atoms with E-state index in [0.29, 0.717) is 33.9 Å². The number of hydrogen-bond acceptors (Lipinski definition) is 7. The van der Waals surface area contributed by atoms with Gasteiger partial charge in [-0.25, -0.2) is 14.3 Å². The number of allylic oxidation sites excluding steroid dienone is 3. The molecule has 1 aliphatic heterocycles. The first-order valence-electron chi connectivity index (χ1n) is 11.0. The van der Waals surface area contributed by atoms with Gasteiger partial charge in [-0.1, -0.05) is 12.7 Å². The Hall–Kier alpha value is -3.57. The van der Waals surface area contributed by atoms with Gasteiger partial charge in [-0.05, 0) is 62.7 Å². The van der Waals surface area contributed by atoms with Crippen LogP contribution in [0.4, 0.5) is 16.4 Å². The highest BCUT2D eigenvalue weighted by atomic mass is 32.2. The summed E-state index contributed by atoms with van der Waals surface area (Å²) in [5.41, 5.74) is 2.42. The van der Waals surface area contributed by atoms with Gasteiger partial charge in [0.1, 0.15) is 5.52 Å². The fraction of sp³-hybridized carbons (Fsp3) is 0.304. The molecule has 2 amide bonds. The van der Waals surface area contributed by atoms with Gasteiger partial charge in [-0.15, -0.1) is 5.10 Å². The maximum absolute atomic E-state index is 12.6. The second-order valence-electron chi connectivity index (χ2n) is 7.89.